The van der Waals surface area contributed by atoms with Crippen LogP contribution in [0.25, 0.3) is 0 Å². The van der Waals surface area contributed by atoms with Gasteiger partial charge in [-0.3, -0.25) is 9.78 Å². The van der Waals surface area contributed by atoms with Crippen LogP contribution in [-0.2, 0) is 0 Å². The minimum Gasteiger partial charge on any atom is -0.494 e. The lowest BCUT2D eigenvalue weighted by molar-refractivity contribution is 0.0935. The lowest BCUT2D eigenvalue weighted by atomic mass is 10.1. The fraction of sp³-hybridized carbons (Fsp3) is 0.182. The molecule has 27 heavy (non-hydrogen) atoms. The second-order valence-corrected chi connectivity index (χ2v) is 6.12. The highest BCUT2D eigenvalue weighted by Gasteiger charge is 2.13. The van der Waals surface area contributed by atoms with E-state index in [9.17, 15) is 4.79 Å². The number of ether oxygens (including phenoxy) is 1. The summed E-state index contributed by atoms with van der Waals surface area (Å²) >= 11 is 0. The quantitative estimate of drug-likeness (QED) is 0.639. The number of hydrogen-bond acceptors (Lipinski definition) is 4. The Morgan fingerprint density at radius 2 is 1.78 bits per heavy atom. The third-order valence-electron chi connectivity index (χ3n) is 4.09. The first-order valence-corrected chi connectivity index (χ1v) is 8.97. The molecule has 5 heteroatoms. The Bertz CT molecular complexity index is 880. The minimum atomic E-state index is -0.207. The van der Waals surface area contributed by atoms with E-state index in [4.69, 9.17) is 4.74 Å². The summed E-state index contributed by atoms with van der Waals surface area (Å²) in [5.41, 5.74) is 3.13. The summed E-state index contributed by atoms with van der Waals surface area (Å²) in [6.45, 7) is 4.54. The van der Waals surface area contributed by atoms with E-state index in [1.54, 1.807) is 12.3 Å². The van der Waals surface area contributed by atoms with Gasteiger partial charge in [-0.15, -0.1) is 0 Å². The number of anilines is 2. The number of benzene rings is 2. The van der Waals surface area contributed by atoms with Crippen LogP contribution in [0.15, 0.2) is 72.9 Å². The van der Waals surface area contributed by atoms with Crippen molar-refractivity contribution >= 4 is 17.3 Å². The summed E-state index contributed by atoms with van der Waals surface area (Å²) in [5.74, 6) is 0.620. The van der Waals surface area contributed by atoms with Crippen molar-refractivity contribution < 1.29 is 9.53 Å². The molecule has 0 bridgehead atoms. The molecule has 0 radical (unpaired) electrons. The van der Waals surface area contributed by atoms with Gasteiger partial charge in [0.2, 0.25) is 0 Å². The lowest BCUT2D eigenvalue weighted by Gasteiger charge is -2.14. The van der Waals surface area contributed by atoms with Crippen LogP contribution < -0.4 is 15.4 Å². The highest BCUT2D eigenvalue weighted by Crippen LogP contribution is 2.20. The van der Waals surface area contributed by atoms with Gasteiger partial charge in [0, 0.05) is 17.6 Å². The maximum Gasteiger partial charge on any atom is 0.270 e. The molecule has 2 N–H and O–H groups in total. The number of nitrogens with zero attached hydrogens (tertiary/aromatic N) is 1. The van der Waals surface area contributed by atoms with Crippen LogP contribution in [-0.4, -0.2) is 17.5 Å². The standard InChI is InChI=1S/C22H23N3O2/c1-3-27-20-11-9-18(10-12-20)25-19-13-14-23-21(15-19)22(26)24-16(2)17-7-5-4-6-8-17/h4-16H,3H2,1-2H3,(H,23,25)(H,24,26). The van der Waals surface area contributed by atoms with Crippen molar-refractivity contribution in [3.05, 3.63) is 84.2 Å². The van der Waals surface area contributed by atoms with Crippen molar-refractivity contribution in [3.63, 3.8) is 0 Å². The maximum absolute atomic E-state index is 12.5. The van der Waals surface area contributed by atoms with Crippen LogP contribution in [0.3, 0.4) is 0 Å². The summed E-state index contributed by atoms with van der Waals surface area (Å²) < 4.78 is 5.44. The topological polar surface area (TPSA) is 63.2 Å². The second-order valence-electron chi connectivity index (χ2n) is 6.12. The summed E-state index contributed by atoms with van der Waals surface area (Å²) in [7, 11) is 0. The number of hydrogen-bond donors (Lipinski definition) is 2. The lowest BCUT2D eigenvalue weighted by Crippen LogP contribution is -2.27. The Morgan fingerprint density at radius 3 is 2.48 bits per heavy atom. The summed E-state index contributed by atoms with van der Waals surface area (Å²) in [4.78, 5) is 16.7. The third kappa shape index (κ3) is 5.07. The number of amides is 1. The Hall–Kier alpha value is -3.34. The summed E-state index contributed by atoms with van der Waals surface area (Å²) in [6.07, 6.45) is 1.62. The SMILES string of the molecule is CCOc1ccc(Nc2ccnc(C(=O)NC(C)c3ccccc3)c2)cc1. The van der Waals surface area contributed by atoms with Crippen LogP contribution in [0.5, 0.6) is 5.75 Å². The first-order chi connectivity index (χ1) is 13.2. The molecule has 2 aromatic carbocycles. The van der Waals surface area contributed by atoms with Crippen LogP contribution in [0.4, 0.5) is 11.4 Å². The molecule has 0 saturated carbocycles. The molecule has 1 unspecified atom stereocenters. The molecule has 3 aromatic rings. The molecule has 0 aliphatic heterocycles. The average molecular weight is 361 g/mol. The summed E-state index contributed by atoms with van der Waals surface area (Å²) in [5, 5.41) is 6.26. The number of aromatic nitrogens is 1. The fourth-order valence-corrected chi connectivity index (χ4v) is 2.70. The Kier molecular flexibility index (Phi) is 6.05. The van der Waals surface area contributed by atoms with E-state index in [1.807, 2.05) is 74.5 Å². The molecule has 1 heterocycles. The zero-order chi connectivity index (χ0) is 19.1. The van der Waals surface area contributed by atoms with E-state index in [2.05, 4.69) is 15.6 Å². The molecule has 0 spiro atoms. The van der Waals surface area contributed by atoms with E-state index in [1.165, 1.54) is 0 Å². The van der Waals surface area contributed by atoms with Crippen molar-refractivity contribution in [2.45, 2.75) is 19.9 Å². The largest absolute Gasteiger partial charge is 0.494 e. The minimum absolute atomic E-state index is 0.0942. The first kappa shape index (κ1) is 18.5. The molecular weight excluding hydrogens is 338 g/mol. The molecule has 0 aliphatic carbocycles. The first-order valence-electron chi connectivity index (χ1n) is 8.97. The molecule has 5 nitrogen and oxygen atoms in total. The molecule has 0 saturated heterocycles. The zero-order valence-electron chi connectivity index (χ0n) is 15.5. The Labute approximate surface area is 159 Å². The van der Waals surface area contributed by atoms with E-state index < -0.39 is 0 Å². The highest BCUT2D eigenvalue weighted by atomic mass is 16.5. The van der Waals surface area contributed by atoms with Gasteiger partial charge in [0.15, 0.2) is 0 Å². The van der Waals surface area contributed by atoms with Gasteiger partial charge in [-0.05, 0) is 55.8 Å². The van der Waals surface area contributed by atoms with Crippen molar-refractivity contribution in [1.82, 2.24) is 10.3 Å². The smallest absolute Gasteiger partial charge is 0.270 e. The van der Waals surface area contributed by atoms with Crippen molar-refractivity contribution in [3.8, 4) is 5.75 Å². The van der Waals surface area contributed by atoms with Crippen LogP contribution >= 0.6 is 0 Å². The van der Waals surface area contributed by atoms with E-state index in [-0.39, 0.29) is 11.9 Å². The van der Waals surface area contributed by atoms with Crippen molar-refractivity contribution in [2.24, 2.45) is 0 Å². The number of carbonyl (C=O) groups excluding carboxylic acids is 1. The molecule has 0 fully saturated rings. The van der Waals surface area contributed by atoms with Crippen LogP contribution in [0.1, 0.15) is 35.9 Å². The van der Waals surface area contributed by atoms with Gasteiger partial charge in [-0.2, -0.15) is 0 Å². The molecule has 138 valence electrons. The monoisotopic (exact) mass is 361 g/mol. The highest BCUT2D eigenvalue weighted by molar-refractivity contribution is 5.93. The predicted molar refractivity (Wildman–Crippen MR) is 107 cm³/mol. The Morgan fingerprint density at radius 1 is 1.04 bits per heavy atom. The third-order valence-corrected chi connectivity index (χ3v) is 4.09. The van der Waals surface area contributed by atoms with Gasteiger partial charge >= 0.3 is 0 Å². The fourth-order valence-electron chi connectivity index (χ4n) is 2.70. The van der Waals surface area contributed by atoms with Gasteiger partial charge in [0.25, 0.3) is 5.91 Å². The number of rotatable bonds is 7. The summed E-state index contributed by atoms with van der Waals surface area (Å²) in [6, 6.07) is 21.0. The van der Waals surface area contributed by atoms with Crippen LogP contribution in [0, 0.1) is 0 Å². The molecule has 1 amide bonds. The second kappa shape index (κ2) is 8.85. The van der Waals surface area contributed by atoms with Gasteiger partial charge in [-0.25, -0.2) is 0 Å². The number of pyridine rings is 1. The predicted octanol–water partition coefficient (Wildman–Crippen LogP) is 4.71. The molecular formula is C22H23N3O2. The molecule has 1 aromatic heterocycles. The van der Waals surface area contributed by atoms with Gasteiger partial charge in [0.1, 0.15) is 11.4 Å². The van der Waals surface area contributed by atoms with Gasteiger partial charge < -0.3 is 15.4 Å². The number of nitrogens with one attached hydrogen (secondary N) is 2. The van der Waals surface area contributed by atoms with Gasteiger partial charge in [0.05, 0.1) is 12.6 Å². The molecule has 0 aliphatic rings. The molecule has 1 atom stereocenters. The number of carbonyl (C=O) groups is 1. The Balaban J connectivity index is 1.66. The maximum atomic E-state index is 12.5. The zero-order valence-corrected chi connectivity index (χ0v) is 15.5. The normalized spacial score (nSPS) is 11.5. The van der Waals surface area contributed by atoms with Crippen molar-refractivity contribution in [2.75, 3.05) is 11.9 Å². The van der Waals surface area contributed by atoms with Gasteiger partial charge in [-0.1, -0.05) is 30.3 Å². The van der Waals surface area contributed by atoms with Crippen molar-refractivity contribution in [1.29, 1.82) is 0 Å². The van der Waals surface area contributed by atoms with E-state index in [0.717, 1.165) is 22.7 Å². The van der Waals surface area contributed by atoms with E-state index in [0.29, 0.717) is 12.3 Å². The van der Waals surface area contributed by atoms with Crippen LogP contribution in [0.2, 0.25) is 0 Å². The average Bonchev–Trinajstić information content (AvgIpc) is 2.70. The molecule has 3 rings (SSSR count). The van der Waals surface area contributed by atoms with E-state index >= 15 is 0 Å².